The van der Waals surface area contributed by atoms with Gasteiger partial charge in [-0.3, -0.25) is 19.8 Å². The van der Waals surface area contributed by atoms with Crippen molar-refractivity contribution in [1.29, 1.82) is 0 Å². The van der Waals surface area contributed by atoms with E-state index in [2.05, 4.69) is 22.2 Å². The summed E-state index contributed by atoms with van der Waals surface area (Å²) in [6.07, 6.45) is 6.69. The maximum Gasteiger partial charge on any atom is 0.269 e. The Morgan fingerprint density at radius 1 is 1.37 bits per heavy atom. The summed E-state index contributed by atoms with van der Waals surface area (Å²) in [6, 6.07) is 6.79. The highest BCUT2D eigenvalue weighted by Crippen LogP contribution is 2.21. The van der Waals surface area contributed by atoms with E-state index in [1.165, 1.54) is 0 Å². The Kier molecular flexibility index (Phi) is 7.78. The van der Waals surface area contributed by atoms with E-state index in [-0.39, 0.29) is 16.7 Å². The van der Waals surface area contributed by atoms with Gasteiger partial charge in [-0.25, -0.2) is 0 Å². The van der Waals surface area contributed by atoms with Crippen LogP contribution in [0.2, 0.25) is 0 Å². The molecule has 0 bridgehead atoms. The van der Waals surface area contributed by atoms with Crippen LogP contribution in [0.15, 0.2) is 41.7 Å². The van der Waals surface area contributed by atoms with Gasteiger partial charge in [0.2, 0.25) is 0 Å². The minimum atomic E-state index is -0.370. The van der Waals surface area contributed by atoms with Crippen molar-refractivity contribution in [3.63, 3.8) is 0 Å². The topological polar surface area (TPSA) is 97.8 Å². The molecule has 0 spiro atoms. The number of hydrogen-bond acceptors (Lipinski definition) is 5. The number of nitrogens with zero attached hydrogens (tertiary/aromatic N) is 5. The van der Waals surface area contributed by atoms with Crippen molar-refractivity contribution in [2.75, 3.05) is 32.8 Å². The van der Waals surface area contributed by atoms with Gasteiger partial charge in [0.1, 0.15) is 6.10 Å². The van der Waals surface area contributed by atoms with E-state index in [0.717, 1.165) is 62.5 Å². The highest BCUT2D eigenvalue weighted by atomic mass is 16.6. The van der Waals surface area contributed by atoms with Crippen LogP contribution in [0.25, 0.3) is 0 Å². The smallest absolute Gasteiger partial charge is 0.269 e. The molecule has 1 saturated heterocycles. The fourth-order valence-electron chi connectivity index (χ4n) is 3.49. The monoisotopic (exact) mass is 414 g/mol. The van der Waals surface area contributed by atoms with Crippen LogP contribution in [0.5, 0.6) is 0 Å². The molecule has 1 N–H and O–H groups in total. The molecule has 1 unspecified atom stereocenters. The largest absolute Gasteiger partial charge is 0.370 e. The molecule has 1 atom stereocenters. The number of ether oxygens (including phenoxy) is 1. The van der Waals surface area contributed by atoms with Gasteiger partial charge in [-0.2, -0.15) is 5.10 Å². The summed E-state index contributed by atoms with van der Waals surface area (Å²) in [5, 5.41) is 18.4. The van der Waals surface area contributed by atoms with Crippen molar-refractivity contribution in [3.8, 4) is 0 Å². The minimum Gasteiger partial charge on any atom is -0.370 e. The number of aliphatic imine (C=N–C) groups is 1. The van der Waals surface area contributed by atoms with Crippen LogP contribution in [-0.4, -0.2) is 58.3 Å². The zero-order valence-corrected chi connectivity index (χ0v) is 17.7. The predicted molar refractivity (Wildman–Crippen MR) is 115 cm³/mol. The molecule has 3 rings (SSSR count). The van der Waals surface area contributed by atoms with Gasteiger partial charge in [0.15, 0.2) is 5.96 Å². The van der Waals surface area contributed by atoms with Crippen LogP contribution >= 0.6 is 0 Å². The molecule has 162 valence electrons. The number of morpholine rings is 1. The average molecular weight is 415 g/mol. The molecule has 1 aromatic carbocycles. The van der Waals surface area contributed by atoms with E-state index < -0.39 is 0 Å². The summed E-state index contributed by atoms with van der Waals surface area (Å²) in [5.41, 5.74) is 2.33. The summed E-state index contributed by atoms with van der Waals surface area (Å²) in [7, 11) is 1.91. The minimum absolute atomic E-state index is 0.00144. The number of hydrogen-bond donors (Lipinski definition) is 1. The van der Waals surface area contributed by atoms with Gasteiger partial charge < -0.3 is 15.0 Å². The molecular formula is C21H30N6O3. The van der Waals surface area contributed by atoms with Crippen molar-refractivity contribution in [1.82, 2.24) is 20.0 Å². The first-order valence-corrected chi connectivity index (χ1v) is 10.4. The first-order chi connectivity index (χ1) is 14.6. The maximum atomic E-state index is 10.7. The third-order valence-electron chi connectivity index (χ3n) is 5.08. The van der Waals surface area contributed by atoms with E-state index in [1.807, 2.05) is 31.6 Å². The van der Waals surface area contributed by atoms with Crippen molar-refractivity contribution in [2.24, 2.45) is 12.0 Å². The molecule has 9 nitrogen and oxygen atoms in total. The lowest BCUT2D eigenvalue weighted by atomic mass is 10.1. The Bertz CT molecular complexity index is 849. The second-order valence-corrected chi connectivity index (χ2v) is 7.37. The first kappa shape index (κ1) is 21.8. The van der Waals surface area contributed by atoms with Crippen molar-refractivity contribution in [3.05, 3.63) is 57.9 Å². The molecule has 0 saturated carbocycles. The summed E-state index contributed by atoms with van der Waals surface area (Å²) in [4.78, 5) is 17.4. The predicted octanol–water partition coefficient (Wildman–Crippen LogP) is 2.69. The lowest BCUT2D eigenvalue weighted by Gasteiger charge is -2.34. The van der Waals surface area contributed by atoms with E-state index in [0.29, 0.717) is 6.61 Å². The molecule has 0 radical (unpaired) electrons. The molecule has 30 heavy (non-hydrogen) atoms. The fourth-order valence-corrected chi connectivity index (χ4v) is 3.49. The van der Waals surface area contributed by atoms with Gasteiger partial charge in [-0.15, -0.1) is 0 Å². The van der Waals surface area contributed by atoms with Crippen LogP contribution in [0.3, 0.4) is 0 Å². The number of benzene rings is 1. The van der Waals surface area contributed by atoms with Crippen LogP contribution in [0.4, 0.5) is 5.69 Å². The zero-order chi connectivity index (χ0) is 21.3. The van der Waals surface area contributed by atoms with Crippen LogP contribution in [-0.2, 0) is 18.2 Å². The zero-order valence-electron chi connectivity index (χ0n) is 17.7. The Hall–Kier alpha value is -2.94. The molecule has 1 aromatic heterocycles. The molecule has 1 aliphatic rings. The van der Waals surface area contributed by atoms with Gasteiger partial charge in [0.25, 0.3) is 5.69 Å². The number of nitro groups is 1. The number of guanidine groups is 1. The maximum absolute atomic E-state index is 10.7. The van der Waals surface area contributed by atoms with E-state index in [4.69, 9.17) is 9.73 Å². The second-order valence-electron chi connectivity index (χ2n) is 7.37. The Balaban J connectivity index is 1.49. The lowest BCUT2D eigenvalue weighted by Crippen LogP contribution is -2.48. The molecule has 1 fully saturated rings. The van der Waals surface area contributed by atoms with Crippen LogP contribution in [0, 0.1) is 10.1 Å². The highest BCUT2D eigenvalue weighted by molar-refractivity contribution is 5.80. The Morgan fingerprint density at radius 3 is 2.83 bits per heavy atom. The molecular weight excluding hydrogens is 384 g/mol. The number of non-ortho nitro benzene ring substituents is 1. The molecule has 0 aliphatic carbocycles. The summed E-state index contributed by atoms with van der Waals surface area (Å²) in [6.45, 7) is 5.85. The normalized spacial score (nSPS) is 17.2. The molecule has 2 heterocycles. The second kappa shape index (κ2) is 10.7. The van der Waals surface area contributed by atoms with Crippen molar-refractivity contribution < 1.29 is 9.66 Å². The van der Waals surface area contributed by atoms with Crippen molar-refractivity contribution in [2.45, 2.75) is 32.3 Å². The van der Waals surface area contributed by atoms with Gasteiger partial charge >= 0.3 is 0 Å². The summed E-state index contributed by atoms with van der Waals surface area (Å²) in [5.74, 6) is 0.921. The van der Waals surface area contributed by atoms with Gasteiger partial charge in [0, 0.05) is 50.6 Å². The fraction of sp³-hybridized carbons (Fsp3) is 0.524. The average Bonchev–Trinajstić information content (AvgIpc) is 3.19. The standard InChI is InChI=1S/C21H30N6O3/c1-3-22-21(26-12-13-30-20(16-26)18-14-24-25(2)15-18)23-11-5-4-6-17-7-9-19(10-8-17)27(28)29/h7-10,14-15,20H,3-6,11-13,16H2,1-2H3,(H,22,23). The number of nitro benzene ring substituents is 1. The number of rotatable bonds is 8. The van der Waals surface area contributed by atoms with Crippen molar-refractivity contribution >= 4 is 11.6 Å². The molecule has 2 aromatic rings. The number of unbranched alkanes of at least 4 members (excludes halogenated alkanes) is 1. The summed E-state index contributed by atoms with van der Waals surface area (Å²) >= 11 is 0. The highest BCUT2D eigenvalue weighted by Gasteiger charge is 2.25. The number of nitrogens with one attached hydrogen (secondary N) is 1. The quantitative estimate of drug-likeness (QED) is 0.234. The molecule has 1 aliphatic heterocycles. The number of aromatic nitrogens is 2. The van der Waals surface area contributed by atoms with E-state index >= 15 is 0 Å². The first-order valence-electron chi connectivity index (χ1n) is 10.4. The van der Waals surface area contributed by atoms with Gasteiger partial charge in [0.05, 0.1) is 24.3 Å². The van der Waals surface area contributed by atoms with Crippen LogP contribution in [0.1, 0.15) is 37.0 Å². The third kappa shape index (κ3) is 6.03. The Labute approximate surface area is 176 Å². The lowest BCUT2D eigenvalue weighted by molar-refractivity contribution is -0.384. The van der Waals surface area contributed by atoms with E-state index in [1.54, 1.807) is 16.8 Å². The SMILES string of the molecule is CCNC(=NCCCCc1ccc([N+](=O)[O-])cc1)N1CCOC(c2cnn(C)c2)C1. The van der Waals surface area contributed by atoms with Crippen LogP contribution < -0.4 is 5.32 Å². The van der Waals surface area contributed by atoms with Gasteiger partial charge in [-0.05, 0) is 31.7 Å². The number of aryl methyl sites for hydroxylation is 2. The molecule has 0 amide bonds. The Morgan fingerprint density at radius 2 is 2.17 bits per heavy atom. The molecule has 9 heteroatoms. The van der Waals surface area contributed by atoms with E-state index in [9.17, 15) is 10.1 Å². The third-order valence-corrected chi connectivity index (χ3v) is 5.08. The van der Waals surface area contributed by atoms with Gasteiger partial charge in [-0.1, -0.05) is 12.1 Å². The summed E-state index contributed by atoms with van der Waals surface area (Å²) < 4.78 is 7.72.